The minimum absolute atomic E-state index is 0.406. The lowest BCUT2D eigenvalue weighted by molar-refractivity contribution is 0.100. The van der Waals surface area contributed by atoms with Crippen LogP contribution >= 0.6 is 15.9 Å². The highest BCUT2D eigenvalue weighted by Gasteiger charge is 2.00. The molecule has 0 bridgehead atoms. The molecular formula is C16H24BrNO2. The van der Waals surface area contributed by atoms with Crippen molar-refractivity contribution in [3.8, 4) is 5.75 Å². The Hall–Kier alpha value is -1.03. The van der Waals surface area contributed by atoms with E-state index < -0.39 is 5.91 Å². The third-order valence-corrected chi connectivity index (χ3v) is 3.75. The number of alkyl halides is 1. The number of halogens is 1. The highest BCUT2D eigenvalue weighted by molar-refractivity contribution is 9.09. The zero-order valence-corrected chi connectivity index (χ0v) is 13.5. The fraction of sp³-hybridized carbons (Fsp3) is 0.562. The standard InChI is InChI=1S/C16H24BrNO2/c17-12-6-4-2-1-3-5-7-13-20-15-10-8-14(9-11-15)16(18)19/h8-11H,1-7,12-13H2,(H2,18,19). The second kappa shape index (κ2) is 10.7. The molecule has 0 radical (unpaired) electrons. The van der Waals surface area contributed by atoms with Crippen molar-refractivity contribution in [2.75, 3.05) is 11.9 Å². The summed E-state index contributed by atoms with van der Waals surface area (Å²) in [4.78, 5) is 10.9. The second-order valence-electron chi connectivity index (χ2n) is 4.90. The predicted octanol–water partition coefficient (Wildman–Crippen LogP) is 4.29. The maximum atomic E-state index is 10.9. The smallest absolute Gasteiger partial charge is 0.248 e. The first-order chi connectivity index (χ1) is 9.74. The normalized spacial score (nSPS) is 10.4. The lowest BCUT2D eigenvalue weighted by Gasteiger charge is -2.06. The number of nitrogens with two attached hydrogens (primary N) is 1. The second-order valence-corrected chi connectivity index (χ2v) is 5.69. The van der Waals surface area contributed by atoms with Crippen molar-refractivity contribution in [3.63, 3.8) is 0 Å². The van der Waals surface area contributed by atoms with Crippen molar-refractivity contribution in [1.29, 1.82) is 0 Å². The largest absolute Gasteiger partial charge is 0.494 e. The monoisotopic (exact) mass is 341 g/mol. The van der Waals surface area contributed by atoms with Gasteiger partial charge in [-0.25, -0.2) is 0 Å². The molecule has 0 atom stereocenters. The molecule has 1 aromatic carbocycles. The summed E-state index contributed by atoms with van der Waals surface area (Å²) in [5.41, 5.74) is 5.69. The number of ether oxygens (including phenoxy) is 1. The molecule has 0 heterocycles. The molecule has 1 rings (SSSR count). The maximum Gasteiger partial charge on any atom is 0.248 e. The molecule has 20 heavy (non-hydrogen) atoms. The minimum atomic E-state index is -0.406. The lowest BCUT2D eigenvalue weighted by atomic mass is 10.1. The summed E-state index contributed by atoms with van der Waals surface area (Å²) in [5.74, 6) is 0.392. The van der Waals surface area contributed by atoms with Gasteiger partial charge in [-0.1, -0.05) is 48.0 Å². The van der Waals surface area contributed by atoms with E-state index in [4.69, 9.17) is 10.5 Å². The molecule has 0 saturated carbocycles. The van der Waals surface area contributed by atoms with Crippen LogP contribution in [0.1, 0.15) is 55.3 Å². The fourth-order valence-corrected chi connectivity index (χ4v) is 2.38. The van der Waals surface area contributed by atoms with Crippen LogP contribution in [-0.2, 0) is 0 Å². The molecule has 0 saturated heterocycles. The first kappa shape index (κ1) is 17.0. The van der Waals surface area contributed by atoms with Crippen molar-refractivity contribution in [3.05, 3.63) is 29.8 Å². The summed E-state index contributed by atoms with van der Waals surface area (Å²) in [7, 11) is 0. The minimum Gasteiger partial charge on any atom is -0.494 e. The molecule has 0 aromatic heterocycles. The van der Waals surface area contributed by atoms with Crippen molar-refractivity contribution in [2.45, 2.75) is 44.9 Å². The Balaban J connectivity index is 2.02. The van der Waals surface area contributed by atoms with E-state index in [-0.39, 0.29) is 0 Å². The van der Waals surface area contributed by atoms with Gasteiger partial charge in [-0.3, -0.25) is 4.79 Å². The Labute approximate surface area is 130 Å². The molecule has 0 unspecified atom stereocenters. The van der Waals surface area contributed by atoms with Crippen LogP contribution in [0.5, 0.6) is 5.75 Å². The van der Waals surface area contributed by atoms with Gasteiger partial charge < -0.3 is 10.5 Å². The molecule has 112 valence electrons. The Morgan fingerprint density at radius 3 is 2.05 bits per heavy atom. The van der Waals surface area contributed by atoms with Gasteiger partial charge in [-0.2, -0.15) is 0 Å². The van der Waals surface area contributed by atoms with Crippen LogP contribution in [0, 0.1) is 0 Å². The van der Waals surface area contributed by atoms with Crippen molar-refractivity contribution < 1.29 is 9.53 Å². The van der Waals surface area contributed by atoms with E-state index in [1.165, 1.54) is 38.5 Å². The van der Waals surface area contributed by atoms with Crippen LogP contribution in [0.4, 0.5) is 0 Å². The van der Waals surface area contributed by atoms with Crippen LogP contribution in [0.25, 0.3) is 0 Å². The summed E-state index contributed by atoms with van der Waals surface area (Å²) in [6, 6.07) is 6.98. The predicted molar refractivity (Wildman–Crippen MR) is 86.6 cm³/mol. The van der Waals surface area contributed by atoms with Gasteiger partial charge in [0.05, 0.1) is 6.61 Å². The third-order valence-electron chi connectivity index (χ3n) is 3.19. The van der Waals surface area contributed by atoms with E-state index in [1.54, 1.807) is 24.3 Å². The Bertz CT molecular complexity index is 379. The first-order valence-corrected chi connectivity index (χ1v) is 8.45. The van der Waals surface area contributed by atoms with Crippen molar-refractivity contribution in [2.24, 2.45) is 5.73 Å². The van der Waals surface area contributed by atoms with Gasteiger partial charge in [0, 0.05) is 10.9 Å². The summed E-state index contributed by atoms with van der Waals surface area (Å²) < 4.78 is 5.63. The van der Waals surface area contributed by atoms with Gasteiger partial charge >= 0.3 is 0 Å². The number of rotatable bonds is 11. The molecule has 1 amide bonds. The molecule has 0 aliphatic heterocycles. The highest BCUT2D eigenvalue weighted by atomic mass is 79.9. The number of carbonyl (C=O) groups excluding carboxylic acids is 1. The van der Waals surface area contributed by atoms with E-state index in [9.17, 15) is 4.79 Å². The van der Waals surface area contributed by atoms with Gasteiger partial charge in [0.2, 0.25) is 5.91 Å². The number of hydrogen-bond donors (Lipinski definition) is 1. The third kappa shape index (κ3) is 7.53. The summed E-state index contributed by atoms with van der Waals surface area (Å²) in [5, 5.41) is 1.12. The Morgan fingerprint density at radius 1 is 0.950 bits per heavy atom. The van der Waals surface area contributed by atoms with Crippen LogP contribution in [0.3, 0.4) is 0 Å². The molecule has 1 aromatic rings. The van der Waals surface area contributed by atoms with Crippen LogP contribution in [0.15, 0.2) is 24.3 Å². The van der Waals surface area contributed by atoms with E-state index in [1.807, 2.05) is 0 Å². The van der Waals surface area contributed by atoms with E-state index in [0.29, 0.717) is 5.56 Å². The number of amides is 1. The fourth-order valence-electron chi connectivity index (χ4n) is 1.99. The molecule has 0 aliphatic rings. The van der Waals surface area contributed by atoms with Crippen molar-refractivity contribution >= 4 is 21.8 Å². The number of hydrogen-bond acceptors (Lipinski definition) is 2. The van der Waals surface area contributed by atoms with Crippen LogP contribution in [-0.4, -0.2) is 17.8 Å². The van der Waals surface area contributed by atoms with Gasteiger partial charge in [-0.05, 0) is 37.1 Å². The van der Waals surface area contributed by atoms with E-state index >= 15 is 0 Å². The van der Waals surface area contributed by atoms with Crippen LogP contribution < -0.4 is 10.5 Å². The summed E-state index contributed by atoms with van der Waals surface area (Å²) in [6.45, 7) is 0.733. The van der Waals surface area contributed by atoms with Gasteiger partial charge in [0.15, 0.2) is 0 Å². The maximum absolute atomic E-state index is 10.9. The average molecular weight is 342 g/mol. The molecule has 0 spiro atoms. The van der Waals surface area contributed by atoms with Gasteiger partial charge in [-0.15, -0.1) is 0 Å². The zero-order valence-electron chi connectivity index (χ0n) is 11.9. The lowest BCUT2D eigenvalue weighted by Crippen LogP contribution is -2.10. The molecule has 0 aliphatic carbocycles. The topological polar surface area (TPSA) is 52.3 Å². The number of unbranched alkanes of at least 4 members (excludes halogenated alkanes) is 6. The Kier molecular flexibility index (Phi) is 9.13. The van der Waals surface area contributed by atoms with Gasteiger partial charge in [0.1, 0.15) is 5.75 Å². The molecule has 0 fully saturated rings. The molecule has 2 N–H and O–H groups in total. The van der Waals surface area contributed by atoms with E-state index in [0.717, 1.165) is 24.1 Å². The van der Waals surface area contributed by atoms with Crippen LogP contribution in [0.2, 0.25) is 0 Å². The Morgan fingerprint density at radius 2 is 1.50 bits per heavy atom. The zero-order chi connectivity index (χ0) is 14.6. The first-order valence-electron chi connectivity index (χ1n) is 7.32. The highest BCUT2D eigenvalue weighted by Crippen LogP contribution is 2.13. The SMILES string of the molecule is NC(=O)c1ccc(OCCCCCCCCCBr)cc1. The number of carbonyl (C=O) groups is 1. The number of benzene rings is 1. The molecule has 4 heteroatoms. The quantitative estimate of drug-likeness (QED) is 0.482. The average Bonchev–Trinajstić information content (AvgIpc) is 2.46. The molecular weight excluding hydrogens is 318 g/mol. The van der Waals surface area contributed by atoms with E-state index in [2.05, 4.69) is 15.9 Å². The number of primary amides is 1. The summed E-state index contributed by atoms with van der Waals surface area (Å²) >= 11 is 3.45. The van der Waals surface area contributed by atoms with Crippen molar-refractivity contribution in [1.82, 2.24) is 0 Å². The molecule has 3 nitrogen and oxygen atoms in total. The van der Waals surface area contributed by atoms with Gasteiger partial charge in [0.25, 0.3) is 0 Å². The summed E-state index contributed by atoms with van der Waals surface area (Å²) in [6.07, 6.45) is 8.84.